The molecule has 0 unspecified atom stereocenters. The Labute approximate surface area is 122 Å². The number of aromatic carboxylic acids is 1. The summed E-state index contributed by atoms with van der Waals surface area (Å²) >= 11 is 0. The van der Waals surface area contributed by atoms with Gasteiger partial charge >= 0.3 is 12.0 Å². The number of nitrogens with zero attached hydrogens (tertiary/aromatic N) is 2. The van der Waals surface area contributed by atoms with Crippen molar-refractivity contribution >= 4 is 17.7 Å². The first kappa shape index (κ1) is 16.5. The standard InChI is InChI=1S/C14H17N3O4/c1-21-10-9-17(8-4-7-15)14(20)16-12-6-3-2-5-11(12)13(18)19/h2-3,5-6H,4,8-10H2,1H3,(H,16,20)(H,18,19). The molecular weight excluding hydrogens is 274 g/mol. The maximum Gasteiger partial charge on any atom is 0.337 e. The number of benzene rings is 1. The molecule has 0 bridgehead atoms. The van der Waals surface area contributed by atoms with Crippen molar-refractivity contribution in [2.45, 2.75) is 6.42 Å². The molecule has 0 spiro atoms. The number of carbonyl (C=O) groups is 2. The first-order valence-corrected chi connectivity index (χ1v) is 6.34. The number of ether oxygens (including phenoxy) is 1. The fourth-order valence-electron chi connectivity index (χ4n) is 1.67. The predicted molar refractivity (Wildman–Crippen MR) is 76.1 cm³/mol. The number of rotatable bonds is 7. The van der Waals surface area contributed by atoms with Crippen LogP contribution < -0.4 is 5.32 Å². The Balaban J connectivity index is 2.81. The average Bonchev–Trinajstić information content (AvgIpc) is 2.47. The minimum Gasteiger partial charge on any atom is -0.478 e. The summed E-state index contributed by atoms with van der Waals surface area (Å²) in [4.78, 5) is 24.7. The fourth-order valence-corrected chi connectivity index (χ4v) is 1.67. The van der Waals surface area contributed by atoms with Crippen LogP contribution in [0.15, 0.2) is 24.3 Å². The molecule has 112 valence electrons. The molecule has 1 aromatic rings. The number of para-hydroxylation sites is 1. The zero-order chi connectivity index (χ0) is 15.7. The van der Waals surface area contributed by atoms with Gasteiger partial charge in [-0.25, -0.2) is 9.59 Å². The number of hydrogen-bond acceptors (Lipinski definition) is 4. The van der Waals surface area contributed by atoms with Gasteiger partial charge in [0.25, 0.3) is 0 Å². The Kier molecular flexibility index (Phi) is 6.71. The maximum atomic E-state index is 12.2. The van der Waals surface area contributed by atoms with Gasteiger partial charge in [-0.2, -0.15) is 5.26 Å². The molecule has 0 radical (unpaired) electrons. The van der Waals surface area contributed by atoms with Crippen LogP contribution in [0.5, 0.6) is 0 Å². The van der Waals surface area contributed by atoms with E-state index in [9.17, 15) is 9.59 Å². The van der Waals surface area contributed by atoms with E-state index in [1.54, 1.807) is 12.1 Å². The third-order valence-corrected chi connectivity index (χ3v) is 2.75. The van der Waals surface area contributed by atoms with Crippen molar-refractivity contribution < 1.29 is 19.4 Å². The van der Waals surface area contributed by atoms with Crippen LogP contribution in [-0.2, 0) is 4.74 Å². The number of methoxy groups -OCH3 is 1. The lowest BCUT2D eigenvalue weighted by Gasteiger charge is -2.22. The Morgan fingerprint density at radius 3 is 2.71 bits per heavy atom. The molecule has 0 atom stereocenters. The molecule has 7 nitrogen and oxygen atoms in total. The largest absolute Gasteiger partial charge is 0.478 e. The van der Waals surface area contributed by atoms with Gasteiger partial charge < -0.3 is 20.1 Å². The van der Waals surface area contributed by atoms with Crippen LogP contribution >= 0.6 is 0 Å². The predicted octanol–water partition coefficient (Wildman–Crippen LogP) is 1.78. The molecule has 0 aliphatic carbocycles. The van der Waals surface area contributed by atoms with Crippen LogP contribution in [-0.4, -0.2) is 48.8 Å². The van der Waals surface area contributed by atoms with Crippen molar-refractivity contribution in [2.24, 2.45) is 0 Å². The van der Waals surface area contributed by atoms with Crippen molar-refractivity contribution in [3.05, 3.63) is 29.8 Å². The summed E-state index contributed by atoms with van der Waals surface area (Å²) in [6, 6.07) is 7.64. The second-order valence-electron chi connectivity index (χ2n) is 4.17. The third kappa shape index (κ3) is 5.12. The highest BCUT2D eigenvalue weighted by Crippen LogP contribution is 2.15. The highest BCUT2D eigenvalue weighted by Gasteiger charge is 2.16. The monoisotopic (exact) mass is 291 g/mol. The number of amides is 2. The van der Waals surface area contributed by atoms with E-state index in [2.05, 4.69) is 5.32 Å². The number of hydrogen-bond donors (Lipinski definition) is 2. The van der Waals surface area contributed by atoms with Crippen molar-refractivity contribution in [2.75, 3.05) is 32.1 Å². The van der Waals surface area contributed by atoms with E-state index >= 15 is 0 Å². The van der Waals surface area contributed by atoms with Gasteiger partial charge in [0, 0.05) is 20.2 Å². The van der Waals surface area contributed by atoms with Crippen molar-refractivity contribution in [3.8, 4) is 6.07 Å². The summed E-state index contributed by atoms with van der Waals surface area (Å²) in [5.41, 5.74) is 0.229. The Hall–Kier alpha value is -2.59. The number of urea groups is 1. The van der Waals surface area contributed by atoms with Gasteiger partial charge in [-0.3, -0.25) is 0 Å². The van der Waals surface area contributed by atoms with Gasteiger partial charge in [0.05, 0.1) is 30.3 Å². The zero-order valence-corrected chi connectivity index (χ0v) is 11.7. The maximum absolute atomic E-state index is 12.2. The lowest BCUT2D eigenvalue weighted by atomic mass is 10.2. The van der Waals surface area contributed by atoms with Gasteiger partial charge in [-0.15, -0.1) is 0 Å². The summed E-state index contributed by atoms with van der Waals surface area (Å²) in [5.74, 6) is -1.12. The van der Waals surface area contributed by atoms with Crippen molar-refractivity contribution in [3.63, 3.8) is 0 Å². The zero-order valence-electron chi connectivity index (χ0n) is 11.7. The van der Waals surface area contributed by atoms with Crippen LogP contribution in [0, 0.1) is 11.3 Å². The number of anilines is 1. The summed E-state index contributed by atoms with van der Waals surface area (Å²) in [5, 5.41) is 20.2. The Morgan fingerprint density at radius 2 is 2.10 bits per heavy atom. The lowest BCUT2D eigenvalue weighted by Crippen LogP contribution is -2.38. The normalized spacial score (nSPS) is 9.71. The quantitative estimate of drug-likeness (QED) is 0.797. The lowest BCUT2D eigenvalue weighted by molar-refractivity contribution is 0.0698. The summed E-state index contributed by atoms with van der Waals surface area (Å²) in [7, 11) is 1.51. The van der Waals surface area contributed by atoms with Gasteiger partial charge in [0.2, 0.25) is 0 Å². The Morgan fingerprint density at radius 1 is 1.38 bits per heavy atom. The minimum atomic E-state index is -1.12. The third-order valence-electron chi connectivity index (χ3n) is 2.75. The molecule has 1 rings (SSSR count). The molecule has 0 saturated carbocycles. The van der Waals surface area contributed by atoms with Crippen LogP contribution in [0.1, 0.15) is 16.8 Å². The first-order chi connectivity index (χ1) is 10.1. The molecule has 0 aromatic heterocycles. The highest BCUT2D eigenvalue weighted by molar-refractivity contribution is 5.99. The van der Waals surface area contributed by atoms with E-state index in [1.165, 1.54) is 24.1 Å². The molecule has 0 fully saturated rings. The summed E-state index contributed by atoms with van der Waals surface area (Å²) < 4.78 is 4.92. The van der Waals surface area contributed by atoms with Gasteiger partial charge in [-0.05, 0) is 12.1 Å². The van der Waals surface area contributed by atoms with Gasteiger partial charge in [0.1, 0.15) is 0 Å². The molecule has 2 amide bonds. The molecule has 1 aromatic carbocycles. The Bertz CT molecular complexity index is 539. The summed E-state index contributed by atoms with van der Waals surface area (Å²) in [6.45, 7) is 0.902. The first-order valence-electron chi connectivity index (χ1n) is 6.34. The second kappa shape index (κ2) is 8.55. The minimum absolute atomic E-state index is 0.0119. The topological polar surface area (TPSA) is 103 Å². The van der Waals surface area contributed by atoms with Gasteiger partial charge in [-0.1, -0.05) is 12.1 Å². The van der Waals surface area contributed by atoms with E-state index in [1.807, 2.05) is 6.07 Å². The van der Waals surface area contributed by atoms with Crippen LogP contribution in [0.25, 0.3) is 0 Å². The number of nitriles is 1. The van der Waals surface area contributed by atoms with Crippen LogP contribution in [0.3, 0.4) is 0 Å². The van der Waals surface area contributed by atoms with E-state index in [0.29, 0.717) is 13.2 Å². The van der Waals surface area contributed by atoms with Crippen molar-refractivity contribution in [1.29, 1.82) is 5.26 Å². The van der Waals surface area contributed by atoms with Crippen molar-refractivity contribution in [1.82, 2.24) is 4.90 Å². The molecule has 2 N–H and O–H groups in total. The number of carboxylic acid groups (broad SMARTS) is 1. The molecule has 7 heteroatoms. The van der Waals surface area contributed by atoms with Crippen LogP contribution in [0.4, 0.5) is 10.5 Å². The fraction of sp³-hybridized carbons (Fsp3) is 0.357. The molecule has 0 saturated heterocycles. The van der Waals surface area contributed by atoms with E-state index < -0.39 is 12.0 Å². The number of nitrogens with one attached hydrogen (secondary N) is 1. The molecule has 0 aliphatic heterocycles. The molecule has 21 heavy (non-hydrogen) atoms. The van der Waals surface area contributed by atoms with E-state index in [0.717, 1.165) is 0 Å². The average molecular weight is 291 g/mol. The van der Waals surface area contributed by atoms with E-state index in [4.69, 9.17) is 15.1 Å². The molecular formula is C14H17N3O4. The molecule has 0 aliphatic rings. The highest BCUT2D eigenvalue weighted by atomic mass is 16.5. The smallest absolute Gasteiger partial charge is 0.337 e. The SMILES string of the molecule is COCCN(CCC#N)C(=O)Nc1ccccc1C(=O)O. The second-order valence-corrected chi connectivity index (χ2v) is 4.17. The van der Waals surface area contributed by atoms with Gasteiger partial charge in [0.15, 0.2) is 0 Å². The summed E-state index contributed by atoms with van der Waals surface area (Å²) in [6.07, 6.45) is 0.192. The molecule has 0 heterocycles. The number of carbonyl (C=O) groups excluding carboxylic acids is 1. The number of carboxylic acids is 1. The van der Waals surface area contributed by atoms with E-state index in [-0.39, 0.29) is 24.2 Å². The van der Waals surface area contributed by atoms with Crippen LogP contribution in [0.2, 0.25) is 0 Å².